The van der Waals surface area contributed by atoms with Crippen molar-refractivity contribution in [3.8, 4) is 5.75 Å². The van der Waals surface area contributed by atoms with Crippen molar-refractivity contribution >= 4 is 17.4 Å². The number of carbonyl (C=O) groups excluding carboxylic acids is 2. The van der Waals surface area contributed by atoms with Crippen molar-refractivity contribution in [2.45, 2.75) is 67.7 Å². The number of ketones is 1. The first kappa shape index (κ1) is 37.5. The number of Topliss-reactive ketones (excluding diaryl/α,β-unsaturated/α-hetero) is 1. The number of rotatable bonds is 9. The second-order valence-corrected chi connectivity index (χ2v) is 9.94. The fourth-order valence-electron chi connectivity index (χ4n) is 4.11. The number of carbonyl (C=O) groups is 2. The maximum absolute atomic E-state index is 12.0. The van der Waals surface area contributed by atoms with Gasteiger partial charge in [-0.05, 0) is 69.0 Å². The van der Waals surface area contributed by atoms with Crippen molar-refractivity contribution in [2.24, 2.45) is 5.92 Å². The molecule has 0 unspecified atom stereocenters. The van der Waals surface area contributed by atoms with E-state index in [4.69, 9.17) is 4.74 Å². The van der Waals surface area contributed by atoms with E-state index in [1.807, 2.05) is 71.2 Å². The predicted molar refractivity (Wildman–Crippen MR) is 183 cm³/mol. The first-order valence-electron chi connectivity index (χ1n) is 15.3. The molecule has 1 aromatic heterocycles. The average molecular weight is 599 g/mol. The van der Waals surface area contributed by atoms with Crippen LogP contribution in [0.4, 0.5) is 4.79 Å². The van der Waals surface area contributed by atoms with Gasteiger partial charge in [0.25, 0.3) is 0 Å². The molecule has 7 nitrogen and oxygen atoms in total. The minimum atomic E-state index is -0.214. The molecule has 2 aromatic rings. The highest BCUT2D eigenvalue weighted by atomic mass is 16.5. The van der Waals surface area contributed by atoms with Crippen LogP contribution in [0.3, 0.4) is 0 Å². The number of ether oxygens (including phenoxy) is 1. The summed E-state index contributed by atoms with van der Waals surface area (Å²) >= 11 is 0. The highest BCUT2D eigenvalue weighted by Gasteiger charge is 2.08. The summed E-state index contributed by atoms with van der Waals surface area (Å²) in [5.74, 6) is 1.64. The van der Waals surface area contributed by atoms with Crippen LogP contribution in [0.1, 0.15) is 80.3 Å². The van der Waals surface area contributed by atoms with E-state index in [1.165, 1.54) is 0 Å². The van der Waals surface area contributed by atoms with E-state index in [0.717, 1.165) is 58.5 Å². The molecule has 0 bridgehead atoms. The minimum absolute atomic E-state index is 0.0933. The van der Waals surface area contributed by atoms with Crippen LogP contribution in [0.15, 0.2) is 91.4 Å². The van der Waals surface area contributed by atoms with Gasteiger partial charge < -0.3 is 15.4 Å². The highest BCUT2D eigenvalue weighted by molar-refractivity contribution is 5.96. The summed E-state index contributed by atoms with van der Waals surface area (Å²) < 4.78 is 5.05. The summed E-state index contributed by atoms with van der Waals surface area (Å²) in [5, 5.41) is 5.67. The Kier molecular flexibility index (Phi) is 18.1. The molecule has 1 heterocycles. The third-order valence-electron chi connectivity index (χ3n) is 6.39. The molecule has 0 fully saturated rings. The van der Waals surface area contributed by atoms with E-state index in [-0.39, 0.29) is 17.7 Å². The quantitative estimate of drug-likeness (QED) is 0.283. The molecule has 7 heteroatoms. The lowest BCUT2D eigenvalue weighted by atomic mass is 10.0. The maximum Gasteiger partial charge on any atom is 0.318 e. The fourth-order valence-corrected chi connectivity index (χ4v) is 4.11. The Bertz CT molecular complexity index is 1390. The zero-order chi connectivity index (χ0) is 32.9. The standard InChI is InChI=1S/C24H30N4O.C11H14O2.C2H6/c1-5-8-19(3)28-24(29)27-16-21-10-6-11-22(13-12-21)23-15-18(2)9-7-14-25-20(4)26-17-23;1-4-9-5-6-10(13-3)7-11(9)8(2)12;1-2/h6-7,9-15,17,21H,3,5,8,16H2,1-2,4H3,(H2,27,28,29);5-7H,4H2,1-3H3;1-2H3/t21-;;/m0../s1. The van der Waals surface area contributed by atoms with Crippen LogP contribution in [-0.2, 0) is 6.42 Å². The number of amides is 2. The zero-order valence-electron chi connectivity index (χ0n) is 27.7. The molecule has 236 valence electrons. The number of methoxy groups -OCH3 is 1. The largest absolute Gasteiger partial charge is 0.497 e. The van der Waals surface area contributed by atoms with Gasteiger partial charge >= 0.3 is 6.03 Å². The molecule has 1 aliphatic carbocycles. The Morgan fingerprint density at radius 3 is 2.45 bits per heavy atom. The van der Waals surface area contributed by atoms with Crippen molar-refractivity contribution < 1.29 is 14.3 Å². The van der Waals surface area contributed by atoms with Gasteiger partial charge in [0.05, 0.1) is 7.11 Å². The Labute approximate surface area is 264 Å². The van der Waals surface area contributed by atoms with Gasteiger partial charge in [-0.15, -0.1) is 0 Å². The van der Waals surface area contributed by atoms with Crippen molar-refractivity contribution in [3.63, 3.8) is 0 Å². The van der Waals surface area contributed by atoms with Gasteiger partial charge in [-0.1, -0.05) is 88.8 Å². The number of allylic oxidation sites excluding steroid dienone is 5. The van der Waals surface area contributed by atoms with Crippen LogP contribution in [0, 0.1) is 19.8 Å². The molecule has 0 radical (unpaired) electrons. The number of nitrogens with one attached hydrogen (secondary N) is 2. The van der Waals surface area contributed by atoms with Crippen LogP contribution in [0.25, 0.3) is 5.57 Å². The summed E-state index contributed by atoms with van der Waals surface area (Å²) in [5.41, 5.74) is 5.75. The summed E-state index contributed by atoms with van der Waals surface area (Å²) in [4.78, 5) is 31.9. The number of benzene rings is 1. The zero-order valence-corrected chi connectivity index (χ0v) is 27.7. The molecule has 44 heavy (non-hydrogen) atoms. The molecule has 1 atom stereocenters. The van der Waals surface area contributed by atoms with Gasteiger partial charge in [-0.25, -0.2) is 14.8 Å². The van der Waals surface area contributed by atoms with Crippen molar-refractivity contribution in [1.29, 1.82) is 0 Å². The lowest BCUT2D eigenvalue weighted by molar-refractivity contribution is 0.101. The van der Waals surface area contributed by atoms with Crippen molar-refractivity contribution in [1.82, 2.24) is 20.6 Å². The van der Waals surface area contributed by atoms with Gasteiger partial charge in [-0.2, -0.15) is 0 Å². The SMILES string of the molecule is C=C(CCC)NC(=O)NC[C@H]1C=CC=C(c2cnc(C)ncccc(C)c2)C=C1.CC.CCc1ccc(OC)cc1C(C)=O. The maximum atomic E-state index is 12.0. The van der Waals surface area contributed by atoms with E-state index in [0.29, 0.717) is 12.4 Å². The second-order valence-electron chi connectivity index (χ2n) is 9.94. The summed E-state index contributed by atoms with van der Waals surface area (Å²) in [6.45, 7) is 18.0. The molecule has 0 spiro atoms. The number of hydrogen-bond donors (Lipinski definition) is 2. The summed E-state index contributed by atoms with van der Waals surface area (Å²) in [6, 6.07) is 11.4. The third-order valence-corrected chi connectivity index (χ3v) is 6.39. The van der Waals surface area contributed by atoms with Crippen LogP contribution in [0.5, 0.6) is 5.75 Å². The number of urea groups is 1. The molecule has 0 saturated carbocycles. The Morgan fingerprint density at radius 2 is 1.80 bits per heavy atom. The van der Waals surface area contributed by atoms with Gasteiger partial charge in [0, 0.05) is 41.7 Å². The fraction of sp³-hybridized carbons (Fsp3) is 0.351. The lowest BCUT2D eigenvalue weighted by Gasteiger charge is -2.11. The summed E-state index contributed by atoms with van der Waals surface area (Å²) in [6.07, 6.45) is 16.5. The Morgan fingerprint density at radius 1 is 1.05 bits per heavy atom. The number of aromatic nitrogens is 2. The van der Waals surface area contributed by atoms with E-state index < -0.39 is 0 Å². The lowest BCUT2D eigenvalue weighted by Crippen LogP contribution is -2.37. The number of nitrogens with zero attached hydrogens (tertiary/aromatic N) is 2. The number of hydrogen-bond acceptors (Lipinski definition) is 5. The smallest absolute Gasteiger partial charge is 0.318 e. The molecular weight excluding hydrogens is 548 g/mol. The first-order chi connectivity index (χ1) is 21.2. The molecule has 0 saturated heterocycles. The normalized spacial score (nSPS) is 12.9. The topological polar surface area (TPSA) is 93.2 Å². The van der Waals surface area contributed by atoms with E-state index in [2.05, 4.69) is 64.5 Å². The monoisotopic (exact) mass is 598 g/mol. The van der Waals surface area contributed by atoms with E-state index in [1.54, 1.807) is 26.3 Å². The average Bonchev–Trinajstić information content (AvgIpc) is 3.27. The molecule has 2 N–H and O–H groups in total. The van der Waals surface area contributed by atoms with Crippen LogP contribution < -0.4 is 15.4 Å². The number of aryl methyl sites for hydroxylation is 3. The molecule has 0 aliphatic heterocycles. The molecule has 1 aliphatic rings. The summed E-state index contributed by atoms with van der Waals surface area (Å²) in [7, 11) is 1.60. The van der Waals surface area contributed by atoms with Crippen LogP contribution in [-0.4, -0.2) is 35.4 Å². The Hall–Kier alpha value is -4.52. The van der Waals surface area contributed by atoms with Gasteiger partial charge in [0.1, 0.15) is 11.6 Å². The Balaban J connectivity index is 0.000000537. The van der Waals surface area contributed by atoms with E-state index >= 15 is 0 Å². The van der Waals surface area contributed by atoms with Gasteiger partial charge in [-0.3, -0.25) is 4.79 Å². The highest BCUT2D eigenvalue weighted by Crippen LogP contribution is 2.20. The van der Waals surface area contributed by atoms with Crippen LogP contribution >= 0.6 is 0 Å². The third kappa shape index (κ3) is 14.1. The van der Waals surface area contributed by atoms with Gasteiger partial charge in [0.2, 0.25) is 0 Å². The molecule has 1 aromatic carbocycles. The molecular formula is C37H50N4O3. The first-order valence-corrected chi connectivity index (χ1v) is 15.3. The van der Waals surface area contributed by atoms with Crippen molar-refractivity contribution in [3.05, 3.63) is 120 Å². The van der Waals surface area contributed by atoms with Crippen molar-refractivity contribution in [2.75, 3.05) is 13.7 Å². The molecule has 3 rings (SSSR count). The van der Waals surface area contributed by atoms with E-state index in [9.17, 15) is 9.59 Å². The minimum Gasteiger partial charge on any atom is -0.497 e. The molecule has 2 amide bonds. The predicted octanol–water partition coefficient (Wildman–Crippen LogP) is 8.44. The van der Waals surface area contributed by atoms with Crippen LogP contribution in [0.2, 0.25) is 0 Å². The van der Waals surface area contributed by atoms with Gasteiger partial charge in [0.15, 0.2) is 5.78 Å². The second kappa shape index (κ2) is 21.2.